The molecular weight excluding hydrogens is 280 g/mol. The van der Waals surface area contributed by atoms with Crippen LogP contribution in [-0.2, 0) is 12.8 Å². The summed E-state index contributed by atoms with van der Waals surface area (Å²) < 4.78 is 5.54. The van der Waals surface area contributed by atoms with Gasteiger partial charge >= 0.3 is 0 Å². The number of aryl methyl sites for hydroxylation is 2. The normalized spacial score (nSPS) is 15.0. The first-order valence-corrected chi connectivity index (χ1v) is 8.50. The molecule has 0 spiro atoms. The largest absolute Gasteiger partial charge is 0.496 e. The molecule has 0 radical (unpaired) electrons. The van der Waals surface area contributed by atoms with Crippen LogP contribution in [0.25, 0.3) is 0 Å². The summed E-state index contributed by atoms with van der Waals surface area (Å²) in [7, 11) is 1.73. The van der Waals surface area contributed by atoms with Crippen molar-refractivity contribution in [2.24, 2.45) is 0 Å². The third kappa shape index (κ3) is 2.97. The number of hydrogen-bond acceptors (Lipinski definition) is 4. The van der Waals surface area contributed by atoms with Gasteiger partial charge in [0.15, 0.2) is 0 Å². The minimum Gasteiger partial charge on any atom is -0.496 e. The van der Waals surface area contributed by atoms with E-state index in [1.165, 1.54) is 34.0 Å². The van der Waals surface area contributed by atoms with Crippen molar-refractivity contribution in [3.05, 3.63) is 45.4 Å². The van der Waals surface area contributed by atoms with E-state index in [1.807, 2.05) is 23.5 Å². The van der Waals surface area contributed by atoms with Gasteiger partial charge in [-0.15, -0.1) is 11.3 Å². The zero-order valence-corrected chi connectivity index (χ0v) is 13.5. The van der Waals surface area contributed by atoms with Crippen molar-refractivity contribution >= 4 is 11.3 Å². The predicted octanol–water partition coefficient (Wildman–Crippen LogP) is 3.73. The van der Waals surface area contributed by atoms with Crippen LogP contribution in [0.1, 0.15) is 46.9 Å². The third-order valence-electron chi connectivity index (χ3n) is 3.91. The summed E-state index contributed by atoms with van der Waals surface area (Å²) in [5, 5.41) is 4.81. The zero-order chi connectivity index (χ0) is 14.7. The molecule has 2 aromatic rings. The van der Waals surface area contributed by atoms with Gasteiger partial charge in [-0.25, -0.2) is 4.98 Å². The highest BCUT2D eigenvalue weighted by Crippen LogP contribution is 2.36. The Morgan fingerprint density at radius 3 is 2.95 bits per heavy atom. The molecule has 3 nitrogen and oxygen atoms in total. The molecule has 0 saturated heterocycles. The van der Waals surface area contributed by atoms with Gasteiger partial charge in [0.05, 0.1) is 18.8 Å². The highest BCUT2D eigenvalue weighted by atomic mass is 32.1. The van der Waals surface area contributed by atoms with Gasteiger partial charge in [0.2, 0.25) is 0 Å². The average Bonchev–Trinajstić information content (AvgIpc) is 3.09. The standard InChI is InChI=1S/C17H22N2OS/c1-3-11-18-16(12-7-4-5-9-14(12)20-2)17-19-13-8-6-10-15(13)21-17/h4-5,7,9,16,18H,3,6,8,10-11H2,1-2H3. The minimum atomic E-state index is 0.136. The second-order valence-corrected chi connectivity index (χ2v) is 6.52. The Kier molecular flexibility index (Phi) is 4.56. The summed E-state index contributed by atoms with van der Waals surface area (Å²) in [4.78, 5) is 6.37. The van der Waals surface area contributed by atoms with E-state index in [9.17, 15) is 0 Å². The van der Waals surface area contributed by atoms with Gasteiger partial charge in [-0.2, -0.15) is 0 Å². The number of aromatic nitrogens is 1. The van der Waals surface area contributed by atoms with E-state index in [-0.39, 0.29) is 6.04 Å². The fourth-order valence-corrected chi connectivity index (χ4v) is 4.11. The summed E-state index contributed by atoms with van der Waals surface area (Å²) in [5.74, 6) is 0.932. The highest BCUT2D eigenvalue weighted by molar-refractivity contribution is 7.11. The van der Waals surface area contributed by atoms with Crippen molar-refractivity contribution in [1.29, 1.82) is 0 Å². The molecule has 21 heavy (non-hydrogen) atoms. The van der Waals surface area contributed by atoms with Gasteiger partial charge in [0, 0.05) is 10.4 Å². The second-order valence-electron chi connectivity index (χ2n) is 5.40. The van der Waals surface area contributed by atoms with Crippen LogP contribution in [-0.4, -0.2) is 18.6 Å². The Balaban J connectivity index is 1.96. The van der Waals surface area contributed by atoms with E-state index in [2.05, 4.69) is 24.4 Å². The number of nitrogens with zero attached hydrogens (tertiary/aromatic N) is 1. The van der Waals surface area contributed by atoms with Crippen molar-refractivity contribution in [2.45, 2.75) is 38.6 Å². The highest BCUT2D eigenvalue weighted by Gasteiger charge is 2.24. The van der Waals surface area contributed by atoms with Gasteiger partial charge in [0.1, 0.15) is 10.8 Å². The number of benzene rings is 1. The predicted molar refractivity (Wildman–Crippen MR) is 87.3 cm³/mol. The molecule has 1 N–H and O–H groups in total. The minimum absolute atomic E-state index is 0.136. The van der Waals surface area contributed by atoms with Gasteiger partial charge < -0.3 is 10.1 Å². The SMILES string of the molecule is CCCNC(c1nc2c(s1)CCC2)c1ccccc1OC. The van der Waals surface area contributed by atoms with E-state index in [4.69, 9.17) is 9.72 Å². The molecular formula is C17H22N2OS. The molecule has 1 aliphatic rings. The average molecular weight is 302 g/mol. The van der Waals surface area contributed by atoms with E-state index < -0.39 is 0 Å². The van der Waals surface area contributed by atoms with Gasteiger partial charge in [0.25, 0.3) is 0 Å². The number of hydrogen-bond donors (Lipinski definition) is 1. The van der Waals surface area contributed by atoms with Crippen molar-refractivity contribution in [3.8, 4) is 5.75 Å². The van der Waals surface area contributed by atoms with Crippen LogP contribution in [0.4, 0.5) is 0 Å². The van der Waals surface area contributed by atoms with Crippen molar-refractivity contribution in [1.82, 2.24) is 10.3 Å². The third-order valence-corrected chi connectivity index (χ3v) is 5.13. The number of rotatable bonds is 6. The monoisotopic (exact) mass is 302 g/mol. The molecule has 1 aromatic carbocycles. The summed E-state index contributed by atoms with van der Waals surface area (Å²) in [6.07, 6.45) is 4.70. The van der Waals surface area contributed by atoms with Crippen molar-refractivity contribution in [3.63, 3.8) is 0 Å². The maximum Gasteiger partial charge on any atom is 0.124 e. The molecule has 3 rings (SSSR count). The first-order valence-electron chi connectivity index (χ1n) is 7.68. The topological polar surface area (TPSA) is 34.2 Å². The van der Waals surface area contributed by atoms with E-state index in [1.54, 1.807) is 7.11 Å². The Hall–Kier alpha value is -1.39. The molecule has 112 valence electrons. The van der Waals surface area contributed by atoms with Crippen molar-refractivity contribution in [2.75, 3.05) is 13.7 Å². The number of fused-ring (bicyclic) bond motifs is 1. The van der Waals surface area contributed by atoms with Gasteiger partial charge in [-0.05, 0) is 38.3 Å². The maximum atomic E-state index is 5.54. The first-order chi connectivity index (χ1) is 10.3. The molecule has 0 saturated carbocycles. The van der Waals surface area contributed by atoms with Crippen LogP contribution in [0.2, 0.25) is 0 Å². The fourth-order valence-electron chi connectivity index (χ4n) is 2.86. The maximum absolute atomic E-state index is 5.54. The summed E-state index contributed by atoms with van der Waals surface area (Å²) in [6, 6.07) is 8.38. The second kappa shape index (κ2) is 6.58. The number of ether oxygens (including phenoxy) is 1. The number of thiazole rings is 1. The lowest BCUT2D eigenvalue weighted by Crippen LogP contribution is -2.23. The van der Waals surface area contributed by atoms with Crippen LogP contribution in [0, 0.1) is 0 Å². The van der Waals surface area contributed by atoms with Crippen LogP contribution < -0.4 is 10.1 Å². The number of nitrogens with one attached hydrogen (secondary N) is 1. The molecule has 0 amide bonds. The van der Waals surface area contributed by atoms with Crippen LogP contribution >= 0.6 is 11.3 Å². The van der Waals surface area contributed by atoms with E-state index in [0.29, 0.717) is 0 Å². The molecule has 1 heterocycles. The molecule has 0 aliphatic heterocycles. The molecule has 1 aliphatic carbocycles. The molecule has 0 bridgehead atoms. The number of para-hydroxylation sites is 1. The Morgan fingerprint density at radius 2 is 2.19 bits per heavy atom. The Morgan fingerprint density at radius 1 is 1.33 bits per heavy atom. The van der Waals surface area contributed by atoms with Crippen LogP contribution in [0.15, 0.2) is 24.3 Å². The lowest BCUT2D eigenvalue weighted by atomic mass is 10.1. The summed E-state index contributed by atoms with van der Waals surface area (Å²) >= 11 is 1.87. The zero-order valence-electron chi connectivity index (χ0n) is 12.7. The van der Waals surface area contributed by atoms with Crippen LogP contribution in [0.5, 0.6) is 5.75 Å². The van der Waals surface area contributed by atoms with Gasteiger partial charge in [-0.3, -0.25) is 0 Å². The lowest BCUT2D eigenvalue weighted by molar-refractivity contribution is 0.403. The Bertz CT molecular complexity index is 587. The van der Waals surface area contributed by atoms with Crippen molar-refractivity contribution < 1.29 is 4.74 Å². The summed E-state index contributed by atoms with van der Waals surface area (Å²) in [6.45, 7) is 3.17. The smallest absolute Gasteiger partial charge is 0.124 e. The van der Waals surface area contributed by atoms with E-state index >= 15 is 0 Å². The molecule has 1 unspecified atom stereocenters. The molecule has 4 heteroatoms. The number of methoxy groups -OCH3 is 1. The molecule has 1 atom stereocenters. The molecule has 1 aromatic heterocycles. The summed E-state index contributed by atoms with van der Waals surface area (Å²) in [5.41, 5.74) is 2.49. The van der Waals surface area contributed by atoms with Crippen LogP contribution in [0.3, 0.4) is 0 Å². The quantitative estimate of drug-likeness (QED) is 0.883. The Labute approximate surface area is 130 Å². The van der Waals surface area contributed by atoms with E-state index in [0.717, 1.165) is 25.1 Å². The van der Waals surface area contributed by atoms with Gasteiger partial charge in [-0.1, -0.05) is 25.1 Å². The fraction of sp³-hybridized carbons (Fsp3) is 0.471. The molecule has 0 fully saturated rings. The lowest BCUT2D eigenvalue weighted by Gasteiger charge is -2.19. The first kappa shape index (κ1) is 14.5.